The third-order valence-electron chi connectivity index (χ3n) is 3.47. The van der Waals surface area contributed by atoms with Crippen molar-refractivity contribution in [2.45, 2.75) is 26.0 Å². The number of benzene rings is 1. The Morgan fingerprint density at radius 1 is 1.53 bits per heavy atom. The van der Waals surface area contributed by atoms with E-state index in [1.165, 1.54) is 0 Å². The van der Waals surface area contributed by atoms with Crippen molar-refractivity contribution in [2.24, 2.45) is 5.92 Å². The van der Waals surface area contributed by atoms with E-state index in [0.717, 1.165) is 31.6 Å². The van der Waals surface area contributed by atoms with Crippen molar-refractivity contribution in [1.29, 1.82) is 0 Å². The van der Waals surface area contributed by atoms with Crippen molar-refractivity contribution >= 4 is 17.3 Å². The second-order valence-electron chi connectivity index (χ2n) is 4.92. The molecule has 1 fully saturated rings. The number of nitrogen functional groups attached to an aromatic ring is 1. The number of aliphatic hydroxyl groups is 1. The zero-order chi connectivity index (χ0) is 12.4. The van der Waals surface area contributed by atoms with E-state index in [2.05, 4.69) is 11.8 Å². The van der Waals surface area contributed by atoms with Gasteiger partial charge in [0, 0.05) is 23.8 Å². The summed E-state index contributed by atoms with van der Waals surface area (Å²) in [5.74, 6) is 0.396. The molecule has 1 aliphatic rings. The third kappa shape index (κ3) is 3.12. The quantitative estimate of drug-likeness (QED) is 0.795. The van der Waals surface area contributed by atoms with E-state index in [1.807, 2.05) is 12.1 Å². The number of likely N-dealkylation sites (tertiary alicyclic amines) is 1. The van der Waals surface area contributed by atoms with Crippen molar-refractivity contribution in [3.05, 3.63) is 28.8 Å². The molecule has 0 aromatic heterocycles. The fourth-order valence-electron chi connectivity index (χ4n) is 2.19. The van der Waals surface area contributed by atoms with Gasteiger partial charge in [0.2, 0.25) is 0 Å². The van der Waals surface area contributed by atoms with Gasteiger partial charge >= 0.3 is 0 Å². The van der Waals surface area contributed by atoms with E-state index in [4.69, 9.17) is 17.3 Å². The van der Waals surface area contributed by atoms with E-state index in [9.17, 15) is 5.11 Å². The van der Waals surface area contributed by atoms with Crippen molar-refractivity contribution < 1.29 is 5.11 Å². The Morgan fingerprint density at radius 3 is 2.94 bits per heavy atom. The maximum Gasteiger partial charge on any atom is 0.0693 e. The van der Waals surface area contributed by atoms with Crippen LogP contribution in [-0.4, -0.2) is 29.2 Å². The highest BCUT2D eigenvalue weighted by atomic mass is 35.5. The van der Waals surface area contributed by atoms with Crippen LogP contribution in [0.15, 0.2) is 18.2 Å². The second-order valence-corrected chi connectivity index (χ2v) is 5.33. The first-order valence-electron chi connectivity index (χ1n) is 6.00. The van der Waals surface area contributed by atoms with Crippen LogP contribution in [0.5, 0.6) is 0 Å². The zero-order valence-electron chi connectivity index (χ0n) is 10.1. The summed E-state index contributed by atoms with van der Waals surface area (Å²) in [6.45, 7) is 4.61. The van der Waals surface area contributed by atoms with E-state index >= 15 is 0 Å². The Balaban J connectivity index is 2.01. The minimum atomic E-state index is -0.226. The van der Waals surface area contributed by atoms with Crippen LogP contribution in [0.3, 0.4) is 0 Å². The molecule has 94 valence electrons. The van der Waals surface area contributed by atoms with Crippen LogP contribution in [0.1, 0.15) is 18.9 Å². The number of halogens is 1. The van der Waals surface area contributed by atoms with Crippen molar-refractivity contribution in [1.82, 2.24) is 4.90 Å². The molecule has 1 heterocycles. The molecule has 1 aromatic carbocycles. The summed E-state index contributed by atoms with van der Waals surface area (Å²) in [6.07, 6.45) is 0.810. The van der Waals surface area contributed by atoms with Crippen LogP contribution in [0, 0.1) is 5.92 Å². The summed E-state index contributed by atoms with van der Waals surface area (Å²) in [5, 5.41) is 10.6. The van der Waals surface area contributed by atoms with Gasteiger partial charge in [-0.25, -0.2) is 0 Å². The summed E-state index contributed by atoms with van der Waals surface area (Å²) in [4.78, 5) is 2.24. The van der Waals surface area contributed by atoms with E-state index in [-0.39, 0.29) is 6.10 Å². The second kappa shape index (κ2) is 5.25. The number of piperidine rings is 1. The third-order valence-corrected chi connectivity index (χ3v) is 3.83. The van der Waals surface area contributed by atoms with Crippen LogP contribution in [0.4, 0.5) is 5.69 Å². The summed E-state index contributed by atoms with van der Waals surface area (Å²) >= 11 is 6.14. The smallest absolute Gasteiger partial charge is 0.0693 e. The molecule has 1 aromatic rings. The fraction of sp³-hybridized carbons (Fsp3) is 0.538. The van der Waals surface area contributed by atoms with Gasteiger partial charge in [-0.3, -0.25) is 4.90 Å². The number of nitrogens with zero attached hydrogens (tertiary/aromatic N) is 1. The van der Waals surface area contributed by atoms with E-state index in [0.29, 0.717) is 16.6 Å². The molecule has 2 unspecified atom stereocenters. The Kier molecular flexibility index (Phi) is 3.92. The molecule has 0 radical (unpaired) electrons. The van der Waals surface area contributed by atoms with Crippen molar-refractivity contribution in [2.75, 3.05) is 18.8 Å². The predicted octanol–water partition coefficient (Wildman–Crippen LogP) is 2.12. The first-order chi connectivity index (χ1) is 8.06. The van der Waals surface area contributed by atoms with Crippen LogP contribution < -0.4 is 5.73 Å². The maximum absolute atomic E-state index is 9.84. The number of β-amino-alcohol motifs (C(OH)–C–C–N with tert-alkyl or cyclic N) is 1. The van der Waals surface area contributed by atoms with Crippen LogP contribution in [0.25, 0.3) is 0 Å². The molecule has 0 saturated carbocycles. The van der Waals surface area contributed by atoms with Gasteiger partial charge < -0.3 is 10.8 Å². The molecule has 3 N–H and O–H groups in total. The molecule has 17 heavy (non-hydrogen) atoms. The average Bonchev–Trinajstić information content (AvgIpc) is 2.27. The minimum Gasteiger partial charge on any atom is -0.399 e. The van der Waals surface area contributed by atoms with Gasteiger partial charge in [-0.05, 0) is 36.6 Å². The number of aliphatic hydroxyl groups excluding tert-OH is 1. The van der Waals surface area contributed by atoms with Crippen LogP contribution >= 0.6 is 11.6 Å². The van der Waals surface area contributed by atoms with Gasteiger partial charge in [0.25, 0.3) is 0 Å². The first-order valence-corrected chi connectivity index (χ1v) is 6.38. The average molecular weight is 255 g/mol. The lowest BCUT2D eigenvalue weighted by atomic mass is 9.96. The summed E-state index contributed by atoms with van der Waals surface area (Å²) < 4.78 is 0. The van der Waals surface area contributed by atoms with Gasteiger partial charge in [0.1, 0.15) is 0 Å². The summed E-state index contributed by atoms with van der Waals surface area (Å²) in [6, 6.07) is 5.60. The minimum absolute atomic E-state index is 0.226. The van der Waals surface area contributed by atoms with Crippen molar-refractivity contribution in [3.8, 4) is 0 Å². The largest absolute Gasteiger partial charge is 0.399 e. The number of hydrogen-bond donors (Lipinski definition) is 2. The monoisotopic (exact) mass is 254 g/mol. The molecule has 4 heteroatoms. The molecule has 1 aliphatic heterocycles. The van der Waals surface area contributed by atoms with Gasteiger partial charge in [-0.2, -0.15) is 0 Å². The van der Waals surface area contributed by atoms with Crippen molar-refractivity contribution in [3.63, 3.8) is 0 Å². The standard InChI is InChI=1S/C13H19ClN2O/c1-9-4-5-16(8-13(9)17)7-10-2-3-11(15)6-12(10)14/h2-3,6,9,13,17H,4-5,7-8,15H2,1H3. The number of hydrogen-bond acceptors (Lipinski definition) is 3. The molecule has 2 atom stereocenters. The van der Waals surface area contributed by atoms with E-state index in [1.54, 1.807) is 6.07 Å². The Labute approximate surface area is 107 Å². The summed E-state index contributed by atoms with van der Waals surface area (Å²) in [5.41, 5.74) is 7.42. The van der Waals surface area contributed by atoms with Gasteiger partial charge in [0.15, 0.2) is 0 Å². The highest BCUT2D eigenvalue weighted by Crippen LogP contribution is 2.23. The first kappa shape index (κ1) is 12.7. The topological polar surface area (TPSA) is 49.5 Å². The molecule has 0 bridgehead atoms. The number of rotatable bonds is 2. The highest BCUT2D eigenvalue weighted by Gasteiger charge is 2.24. The normalized spacial score (nSPS) is 26.1. The predicted molar refractivity (Wildman–Crippen MR) is 70.9 cm³/mol. The fourth-order valence-corrected chi connectivity index (χ4v) is 2.44. The molecule has 0 amide bonds. The number of nitrogens with two attached hydrogens (primary N) is 1. The molecule has 2 rings (SSSR count). The van der Waals surface area contributed by atoms with Crippen LogP contribution in [0.2, 0.25) is 5.02 Å². The maximum atomic E-state index is 9.84. The Morgan fingerprint density at radius 2 is 2.29 bits per heavy atom. The molecular formula is C13H19ClN2O. The lowest BCUT2D eigenvalue weighted by molar-refractivity contribution is 0.0259. The SMILES string of the molecule is CC1CCN(Cc2ccc(N)cc2Cl)CC1O. The summed E-state index contributed by atoms with van der Waals surface area (Å²) in [7, 11) is 0. The van der Waals surface area contributed by atoms with Gasteiger partial charge in [-0.1, -0.05) is 24.6 Å². The van der Waals surface area contributed by atoms with E-state index < -0.39 is 0 Å². The number of anilines is 1. The molecule has 3 nitrogen and oxygen atoms in total. The lowest BCUT2D eigenvalue weighted by Crippen LogP contribution is -2.42. The van der Waals surface area contributed by atoms with Gasteiger partial charge in [-0.15, -0.1) is 0 Å². The molecular weight excluding hydrogens is 236 g/mol. The molecule has 0 aliphatic carbocycles. The Hall–Kier alpha value is -0.770. The molecule has 1 saturated heterocycles. The Bertz CT molecular complexity index is 397. The molecule has 0 spiro atoms. The zero-order valence-corrected chi connectivity index (χ0v) is 10.8. The van der Waals surface area contributed by atoms with Crippen LogP contribution in [-0.2, 0) is 6.54 Å². The highest BCUT2D eigenvalue weighted by molar-refractivity contribution is 6.31. The van der Waals surface area contributed by atoms with Gasteiger partial charge in [0.05, 0.1) is 6.10 Å². The lowest BCUT2D eigenvalue weighted by Gasteiger charge is -2.34.